The van der Waals surface area contributed by atoms with Gasteiger partial charge in [0.25, 0.3) is 0 Å². The highest BCUT2D eigenvalue weighted by atomic mass is 16.6. The van der Waals surface area contributed by atoms with Crippen molar-refractivity contribution in [1.29, 1.82) is 0 Å². The number of amides is 5. The number of aromatic amines is 1. The molecule has 2 aliphatic rings. The van der Waals surface area contributed by atoms with Gasteiger partial charge in [0.2, 0.25) is 23.6 Å². The Morgan fingerprint density at radius 1 is 0.851 bits per heavy atom. The molecule has 1 aliphatic heterocycles. The van der Waals surface area contributed by atoms with E-state index in [-0.39, 0.29) is 50.8 Å². The summed E-state index contributed by atoms with van der Waals surface area (Å²) in [6.07, 6.45) is 1.79. The Labute approximate surface area is 387 Å². The molecule has 3 aromatic carbocycles. The Bertz CT molecular complexity index is 2450. The van der Waals surface area contributed by atoms with Crippen LogP contribution in [0.4, 0.5) is 4.79 Å². The molecular weight excluding hydrogens is 863 g/mol. The lowest BCUT2D eigenvalue weighted by molar-refractivity contribution is -0.157. The quantitative estimate of drug-likeness (QED) is 0.0275. The maximum Gasteiger partial charge on any atom is 0.407 e. The van der Waals surface area contributed by atoms with Gasteiger partial charge >= 0.3 is 18.0 Å². The number of unbranched alkanes of at least 4 members (excludes halogenated alkanes) is 1. The second-order valence-corrected chi connectivity index (χ2v) is 17.6. The second kappa shape index (κ2) is 22.2. The first-order chi connectivity index (χ1) is 32.0. The van der Waals surface area contributed by atoms with Crippen LogP contribution in [0.15, 0.2) is 84.0 Å². The van der Waals surface area contributed by atoms with E-state index in [0.717, 1.165) is 33.2 Å². The van der Waals surface area contributed by atoms with E-state index < -0.39 is 84.4 Å². The van der Waals surface area contributed by atoms with Gasteiger partial charge in [-0.1, -0.05) is 66.7 Å². The molecule has 0 saturated carbocycles. The fourth-order valence-corrected chi connectivity index (χ4v) is 8.49. The second-order valence-electron chi connectivity index (χ2n) is 17.6. The van der Waals surface area contributed by atoms with E-state index in [0.29, 0.717) is 24.8 Å². The topological polar surface area (TPSA) is 290 Å². The number of carboxylic acid groups (broad SMARTS) is 1. The molecule has 0 spiro atoms. The van der Waals surface area contributed by atoms with Gasteiger partial charge in [0.05, 0.1) is 13.0 Å². The third-order valence-electron chi connectivity index (χ3n) is 11.5. The minimum atomic E-state index is -1.60. The summed E-state index contributed by atoms with van der Waals surface area (Å²) in [6, 6.07) is 17.9. The fraction of sp³-hybridized carbons (Fsp3) is 0.417. The van der Waals surface area contributed by atoms with Crippen molar-refractivity contribution in [1.82, 2.24) is 31.2 Å². The van der Waals surface area contributed by atoms with Gasteiger partial charge in [-0.3, -0.25) is 29.0 Å². The summed E-state index contributed by atoms with van der Waals surface area (Å²) < 4.78 is 11.2. The summed E-state index contributed by atoms with van der Waals surface area (Å²) in [5.74, 6) is -5.53. The predicted octanol–water partition coefficient (Wildman–Crippen LogP) is 2.95. The van der Waals surface area contributed by atoms with Crippen molar-refractivity contribution in [3.63, 3.8) is 0 Å². The van der Waals surface area contributed by atoms with Gasteiger partial charge in [0, 0.05) is 42.5 Å². The van der Waals surface area contributed by atoms with Crippen LogP contribution >= 0.6 is 0 Å². The summed E-state index contributed by atoms with van der Waals surface area (Å²) in [4.78, 5) is 103. The zero-order chi connectivity index (χ0) is 48.3. The highest BCUT2D eigenvalue weighted by Gasteiger charge is 2.39. The fourth-order valence-electron chi connectivity index (χ4n) is 8.49. The number of nitrogens with two attached hydrogens (primary N) is 2. The minimum Gasteiger partial charge on any atom is -0.480 e. The summed E-state index contributed by atoms with van der Waals surface area (Å²) in [6.45, 7) is 4.64. The van der Waals surface area contributed by atoms with Gasteiger partial charge in [0.15, 0.2) is 5.96 Å². The molecule has 1 fully saturated rings. The SMILES string of the molecule is CC(C)(C)OC(=O)C[C@H](NC(=O)CNC(=O)[C@H](CCCCN=C(N)N)NC(=O)OCC1c2ccccc2-c2ccccc21)C(=O)N[C@@H](Cc1c[nH]c2ccccc12)C(=O)N1CCC[C@H]1C(=O)O. The van der Waals surface area contributed by atoms with Gasteiger partial charge < -0.3 is 57.2 Å². The number of hydrogen-bond acceptors (Lipinski definition) is 10. The number of aliphatic carboxylic acids is 1. The molecule has 356 valence electrons. The molecule has 10 N–H and O–H groups in total. The molecule has 0 radical (unpaired) electrons. The van der Waals surface area contributed by atoms with Crippen molar-refractivity contribution >= 4 is 58.5 Å². The molecule has 5 amide bonds. The summed E-state index contributed by atoms with van der Waals surface area (Å²) in [5.41, 5.74) is 15.5. The normalized spacial score (nSPS) is 15.6. The number of benzene rings is 3. The predicted molar refractivity (Wildman–Crippen MR) is 248 cm³/mol. The van der Waals surface area contributed by atoms with Crippen molar-refractivity contribution in [2.45, 2.75) is 101 Å². The first-order valence-corrected chi connectivity index (χ1v) is 22.3. The Morgan fingerprint density at radius 2 is 1.52 bits per heavy atom. The molecule has 19 heteroatoms. The van der Waals surface area contributed by atoms with E-state index in [9.17, 15) is 38.7 Å². The first-order valence-electron chi connectivity index (χ1n) is 22.3. The average molecular weight is 922 g/mol. The molecule has 0 bridgehead atoms. The lowest BCUT2D eigenvalue weighted by Gasteiger charge is -2.29. The number of alkyl carbamates (subject to hydrolysis) is 1. The van der Waals surface area contributed by atoms with Gasteiger partial charge in [-0.25, -0.2) is 9.59 Å². The Morgan fingerprint density at radius 3 is 2.19 bits per heavy atom. The third-order valence-corrected chi connectivity index (χ3v) is 11.5. The van der Waals surface area contributed by atoms with Crippen LogP contribution in [0.25, 0.3) is 22.0 Å². The van der Waals surface area contributed by atoms with E-state index in [1.807, 2.05) is 72.8 Å². The lowest BCUT2D eigenvalue weighted by Crippen LogP contribution is -2.57. The number of rotatable bonds is 20. The number of H-pyrrole nitrogens is 1. The van der Waals surface area contributed by atoms with E-state index in [1.54, 1.807) is 27.0 Å². The number of nitrogens with one attached hydrogen (secondary N) is 5. The number of hydrogen-bond donors (Lipinski definition) is 8. The number of guanidine groups is 1. The molecular formula is C48H59N9O10. The van der Waals surface area contributed by atoms with Crippen molar-refractivity contribution in [2.75, 3.05) is 26.2 Å². The third kappa shape index (κ3) is 13.1. The van der Waals surface area contributed by atoms with E-state index in [1.165, 1.54) is 4.90 Å². The van der Waals surface area contributed by atoms with Crippen molar-refractivity contribution in [3.05, 3.63) is 95.7 Å². The molecule has 2 heterocycles. The number of carbonyl (C=O) groups is 7. The van der Waals surface area contributed by atoms with E-state index in [2.05, 4.69) is 31.2 Å². The summed E-state index contributed by atoms with van der Waals surface area (Å²) in [7, 11) is 0. The molecule has 1 saturated heterocycles. The number of likely N-dealkylation sites (tertiary alicyclic amines) is 1. The molecule has 67 heavy (non-hydrogen) atoms. The van der Waals surface area contributed by atoms with Gasteiger partial charge in [-0.15, -0.1) is 0 Å². The van der Waals surface area contributed by atoms with Crippen LogP contribution in [0.5, 0.6) is 0 Å². The van der Waals surface area contributed by atoms with E-state index >= 15 is 0 Å². The summed E-state index contributed by atoms with van der Waals surface area (Å²) >= 11 is 0. The van der Waals surface area contributed by atoms with Crippen LogP contribution in [0.3, 0.4) is 0 Å². The van der Waals surface area contributed by atoms with Crippen molar-refractivity contribution in [2.24, 2.45) is 16.5 Å². The number of carbonyl (C=O) groups excluding carboxylic acids is 6. The molecule has 4 atom stereocenters. The van der Waals surface area contributed by atoms with Gasteiger partial charge in [0.1, 0.15) is 36.4 Å². The smallest absolute Gasteiger partial charge is 0.407 e. The number of nitrogens with zero attached hydrogens (tertiary/aromatic N) is 2. The van der Waals surface area contributed by atoms with Crippen molar-refractivity contribution < 1.29 is 48.1 Å². The highest BCUT2D eigenvalue weighted by molar-refractivity contribution is 5.97. The average Bonchev–Trinajstić information content (AvgIpc) is 4.02. The maximum atomic E-state index is 14.2. The minimum absolute atomic E-state index is 0.00535. The van der Waals surface area contributed by atoms with Crippen LogP contribution in [0, 0.1) is 0 Å². The largest absolute Gasteiger partial charge is 0.480 e. The Balaban J connectivity index is 1.14. The Hall–Kier alpha value is -7.44. The molecule has 1 aliphatic carbocycles. The molecule has 1 aromatic heterocycles. The van der Waals surface area contributed by atoms with E-state index in [4.69, 9.17) is 20.9 Å². The van der Waals surface area contributed by atoms with Crippen LogP contribution in [0.2, 0.25) is 0 Å². The zero-order valence-corrected chi connectivity index (χ0v) is 37.8. The number of fused-ring (bicyclic) bond motifs is 4. The number of esters is 1. The standard InChI is InChI=1S/C48H59N9O10/c1-48(2,3)67-41(59)24-37(43(61)55-38(44(62)57-22-12-20-39(57)45(63)64)23-28-25-52-35-18-9-8-13-29(28)35)54-40(58)26-53-42(60)36(19-10-11-21-51-46(49)50)56-47(65)66-27-34-32-16-6-4-14-30(32)31-15-5-7-17-33(31)34/h4-9,13-18,25,34,36-39,52H,10-12,19-24,26-27H2,1-3H3,(H,53,60)(H,54,58)(H,55,61)(H,56,65)(H,63,64)(H4,49,50,51)/t36-,37-,38-,39-/m0/s1. The van der Waals surface area contributed by atoms with Crippen LogP contribution < -0.4 is 32.7 Å². The monoisotopic (exact) mass is 921 g/mol. The van der Waals surface area contributed by atoms with Crippen LogP contribution in [0.1, 0.15) is 81.9 Å². The molecule has 0 unspecified atom stereocenters. The van der Waals surface area contributed by atoms with Crippen molar-refractivity contribution in [3.8, 4) is 11.1 Å². The molecule has 4 aromatic rings. The number of para-hydroxylation sites is 1. The van der Waals surface area contributed by atoms with Gasteiger partial charge in [-0.2, -0.15) is 0 Å². The lowest BCUT2D eigenvalue weighted by atomic mass is 9.98. The molecule has 19 nitrogen and oxygen atoms in total. The van der Waals surface area contributed by atoms with Crippen LogP contribution in [-0.4, -0.2) is 119 Å². The zero-order valence-electron chi connectivity index (χ0n) is 37.8. The number of ether oxygens (including phenoxy) is 2. The Kier molecular flexibility index (Phi) is 16.2. The number of aliphatic imine (C=N–C) groups is 1. The number of carboxylic acids is 1. The van der Waals surface area contributed by atoms with Crippen LogP contribution in [-0.2, 0) is 44.7 Å². The van der Waals surface area contributed by atoms with Gasteiger partial charge in [-0.05, 0) is 86.8 Å². The first kappa shape index (κ1) is 49.0. The summed E-state index contributed by atoms with van der Waals surface area (Å²) in [5, 5.41) is 21.0. The maximum absolute atomic E-state index is 14.2. The highest BCUT2D eigenvalue weighted by Crippen LogP contribution is 2.44. The molecule has 6 rings (SSSR count). The number of aromatic nitrogens is 1.